The molecule has 2 aromatic rings. The molecule has 1 aliphatic rings. The van der Waals surface area contributed by atoms with Crippen LogP contribution in [-0.2, 0) is 21.4 Å². The number of carbonyl (C=O) groups is 1. The van der Waals surface area contributed by atoms with Gasteiger partial charge in [0.2, 0.25) is 10.0 Å². The van der Waals surface area contributed by atoms with Crippen molar-refractivity contribution >= 4 is 15.9 Å². The molecule has 7 nitrogen and oxygen atoms in total. The van der Waals surface area contributed by atoms with Crippen molar-refractivity contribution in [2.24, 2.45) is 5.92 Å². The zero-order valence-electron chi connectivity index (χ0n) is 18.5. The van der Waals surface area contributed by atoms with Crippen LogP contribution in [0.4, 0.5) is 0 Å². The average Bonchev–Trinajstić information content (AvgIpc) is 2.81. The Morgan fingerprint density at radius 3 is 2.38 bits per heavy atom. The Bertz CT molecular complexity index is 1070. The summed E-state index contributed by atoms with van der Waals surface area (Å²) in [6, 6.07) is 15.5. The Hall–Kier alpha value is -2.89. The smallest absolute Gasteiger partial charge is 0.261 e. The molecule has 0 radical (unpaired) electrons. The minimum Gasteiger partial charge on any atom is -0.479 e. The Balaban J connectivity index is 1.63. The summed E-state index contributed by atoms with van der Waals surface area (Å²) >= 11 is 0. The number of hydrogen-bond acceptors (Lipinski definition) is 5. The molecular weight excluding hydrogens is 426 g/mol. The minimum absolute atomic E-state index is 0.112. The molecule has 0 aliphatic carbocycles. The van der Waals surface area contributed by atoms with Gasteiger partial charge >= 0.3 is 0 Å². The van der Waals surface area contributed by atoms with Crippen molar-refractivity contribution in [3.63, 3.8) is 0 Å². The number of nitrogens with zero attached hydrogens (tertiary/aromatic N) is 2. The first kappa shape index (κ1) is 23.8. The van der Waals surface area contributed by atoms with Crippen molar-refractivity contribution in [2.45, 2.75) is 50.7 Å². The van der Waals surface area contributed by atoms with Crippen LogP contribution in [0.1, 0.15) is 44.2 Å². The van der Waals surface area contributed by atoms with E-state index >= 15 is 0 Å². The summed E-state index contributed by atoms with van der Waals surface area (Å²) in [6.07, 6.45) is 2.08. The van der Waals surface area contributed by atoms with Crippen LogP contribution in [-0.4, -0.2) is 37.8 Å². The molecule has 0 saturated carbocycles. The molecule has 1 unspecified atom stereocenters. The van der Waals surface area contributed by atoms with E-state index in [0.29, 0.717) is 24.4 Å². The Morgan fingerprint density at radius 1 is 1.09 bits per heavy atom. The van der Waals surface area contributed by atoms with E-state index in [1.807, 2.05) is 13.8 Å². The van der Waals surface area contributed by atoms with Crippen LogP contribution in [0.3, 0.4) is 0 Å². The van der Waals surface area contributed by atoms with Gasteiger partial charge in [0.05, 0.1) is 10.5 Å². The van der Waals surface area contributed by atoms with Gasteiger partial charge in [-0.25, -0.2) is 8.42 Å². The predicted molar refractivity (Wildman–Crippen MR) is 121 cm³/mol. The van der Waals surface area contributed by atoms with Gasteiger partial charge in [0.1, 0.15) is 11.8 Å². The standard InChI is InChI=1S/C24H29N3O4S/c1-18(2)23(31-22-9-5-4-8-20(22)16-25)24(28)26-17-19-10-12-21(13-11-19)32(29,30)27-14-6-3-7-15-27/h4-5,8-13,18,23H,3,6-7,14-15,17H2,1-2H3,(H,26,28). The van der Waals surface area contributed by atoms with Crippen molar-refractivity contribution in [1.82, 2.24) is 9.62 Å². The number of carbonyl (C=O) groups excluding carboxylic acids is 1. The molecule has 1 heterocycles. The van der Waals surface area contributed by atoms with E-state index in [1.54, 1.807) is 48.5 Å². The Kier molecular flexibility index (Phi) is 7.89. The zero-order valence-corrected chi connectivity index (χ0v) is 19.3. The molecule has 1 aliphatic heterocycles. The summed E-state index contributed by atoms with van der Waals surface area (Å²) < 4.78 is 32.9. The van der Waals surface area contributed by atoms with Gasteiger partial charge in [-0.3, -0.25) is 4.79 Å². The molecule has 2 aromatic carbocycles. The summed E-state index contributed by atoms with van der Waals surface area (Å²) in [5, 5.41) is 12.1. The van der Waals surface area contributed by atoms with Gasteiger partial charge in [0.15, 0.2) is 6.10 Å². The SMILES string of the molecule is CC(C)C(Oc1ccccc1C#N)C(=O)NCc1ccc(S(=O)(=O)N2CCCCC2)cc1. The molecule has 1 saturated heterocycles. The summed E-state index contributed by atoms with van der Waals surface area (Å²) in [5.74, 6) is -0.0345. The maximum atomic E-state index is 12.8. The van der Waals surface area contributed by atoms with E-state index in [2.05, 4.69) is 11.4 Å². The number of piperidine rings is 1. The lowest BCUT2D eigenvalue weighted by Gasteiger charge is -2.26. The summed E-state index contributed by atoms with van der Waals surface area (Å²) in [5.41, 5.74) is 1.16. The van der Waals surface area contributed by atoms with Crippen LogP contribution in [0.25, 0.3) is 0 Å². The second-order valence-corrected chi connectivity index (χ2v) is 10.2. The molecule has 0 bridgehead atoms. The summed E-state index contributed by atoms with van der Waals surface area (Å²) in [6.45, 7) is 5.12. The molecule has 8 heteroatoms. The lowest BCUT2D eigenvalue weighted by Crippen LogP contribution is -2.41. The van der Waals surface area contributed by atoms with Gasteiger partial charge in [-0.2, -0.15) is 9.57 Å². The van der Waals surface area contributed by atoms with Gasteiger partial charge in [0.25, 0.3) is 5.91 Å². The predicted octanol–water partition coefficient (Wildman–Crippen LogP) is 3.45. The van der Waals surface area contributed by atoms with E-state index in [1.165, 1.54) is 4.31 Å². The zero-order chi connectivity index (χ0) is 23.1. The second-order valence-electron chi connectivity index (χ2n) is 8.22. The number of para-hydroxylation sites is 1. The van der Waals surface area contributed by atoms with Gasteiger partial charge in [-0.15, -0.1) is 0 Å². The van der Waals surface area contributed by atoms with Crippen molar-refractivity contribution in [3.8, 4) is 11.8 Å². The van der Waals surface area contributed by atoms with Crippen LogP contribution >= 0.6 is 0 Å². The first-order chi connectivity index (χ1) is 15.3. The fourth-order valence-corrected chi connectivity index (χ4v) is 5.13. The average molecular weight is 456 g/mol. The fourth-order valence-electron chi connectivity index (χ4n) is 3.61. The molecular formula is C24H29N3O4S. The normalized spacial score (nSPS) is 15.7. The largest absolute Gasteiger partial charge is 0.479 e. The monoisotopic (exact) mass is 455 g/mol. The summed E-state index contributed by atoms with van der Waals surface area (Å²) in [7, 11) is -3.48. The van der Waals surface area contributed by atoms with Crippen LogP contribution < -0.4 is 10.1 Å². The molecule has 1 N–H and O–H groups in total. The highest BCUT2D eigenvalue weighted by molar-refractivity contribution is 7.89. The van der Waals surface area contributed by atoms with Crippen LogP contribution in [0.15, 0.2) is 53.4 Å². The van der Waals surface area contributed by atoms with E-state index in [0.717, 1.165) is 24.8 Å². The first-order valence-electron chi connectivity index (χ1n) is 10.9. The number of amides is 1. The van der Waals surface area contributed by atoms with Gasteiger partial charge in [-0.1, -0.05) is 44.5 Å². The number of sulfonamides is 1. The number of benzene rings is 2. The number of rotatable bonds is 8. The van der Waals surface area contributed by atoms with Crippen molar-refractivity contribution < 1.29 is 17.9 Å². The topological polar surface area (TPSA) is 99.5 Å². The number of nitrogens with one attached hydrogen (secondary N) is 1. The van der Waals surface area contributed by atoms with Crippen molar-refractivity contribution in [1.29, 1.82) is 5.26 Å². The lowest BCUT2D eigenvalue weighted by atomic mass is 10.1. The number of nitriles is 1. The molecule has 1 atom stereocenters. The fraction of sp³-hybridized carbons (Fsp3) is 0.417. The molecule has 3 rings (SSSR count). The third-order valence-electron chi connectivity index (χ3n) is 5.47. The van der Waals surface area contributed by atoms with E-state index < -0.39 is 16.1 Å². The minimum atomic E-state index is -3.48. The van der Waals surface area contributed by atoms with Gasteiger partial charge < -0.3 is 10.1 Å². The van der Waals surface area contributed by atoms with E-state index in [9.17, 15) is 18.5 Å². The van der Waals surface area contributed by atoms with Gasteiger partial charge in [-0.05, 0) is 48.6 Å². The molecule has 170 valence electrons. The maximum absolute atomic E-state index is 12.8. The molecule has 0 spiro atoms. The van der Waals surface area contributed by atoms with E-state index in [4.69, 9.17) is 4.74 Å². The van der Waals surface area contributed by atoms with Crippen molar-refractivity contribution in [2.75, 3.05) is 13.1 Å². The molecule has 1 amide bonds. The Morgan fingerprint density at radius 2 is 1.75 bits per heavy atom. The van der Waals surface area contributed by atoms with Crippen LogP contribution in [0.2, 0.25) is 0 Å². The van der Waals surface area contributed by atoms with Crippen molar-refractivity contribution in [3.05, 3.63) is 59.7 Å². The molecule has 32 heavy (non-hydrogen) atoms. The summed E-state index contributed by atoms with van der Waals surface area (Å²) in [4.78, 5) is 13.0. The third-order valence-corrected chi connectivity index (χ3v) is 7.38. The Labute approximate surface area is 190 Å². The molecule has 1 fully saturated rings. The van der Waals surface area contributed by atoms with Crippen LogP contribution in [0, 0.1) is 17.2 Å². The number of ether oxygens (including phenoxy) is 1. The quantitative estimate of drug-likeness (QED) is 0.657. The highest BCUT2D eigenvalue weighted by Gasteiger charge is 2.27. The highest BCUT2D eigenvalue weighted by Crippen LogP contribution is 2.22. The third kappa shape index (κ3) is 5.67. The van der Waals surface area contributed by atoms with Crippen LogP contribution in [0.5, 0.6) is 5.75 Å². The number of hydrogen-bond donors (Lipinski definition) is 1. The highest BCUT2D eigenvalue weighted by atomic mass is 32.2. The van der Waals surface area contributed by atoms with E-state index in [-0.39, 0.29) is 23.3 Å². The maximum Gasteiger partial charge on any atom is 0.261 e. The van der Waals surface area contributed by atoms with Gasteiger partial charge in [0, 0.05) is 19.6 Å². The second kappa shape index (κ2) is 10.6. The molecule has 0 aromatic heterocycles. The first-order valence-corrected chi connectivity index (χ1v) is 12.3. The lowest BCUT2D eigenvalue weighted by molar-refractivity contribution is -0.130.